The molecule has 0 fully saturated rings. The summed E-state index contributed by atoms with van der Waals surface area (Å²) in [7, 11) is 0. The van der Waals surface area contributed by atoms with Gasteiger partial charge in [0, 0.05) is 29.8 Å². The molecule has 2 amide bonds. The molecule has 0 aliphatic carbocycles. The van der Waals surface area contributed by atoms with E-state index in [9.17, 15) is 9.59 Å². The first-order chi connectivity index (χ1) is 12.2. The molecule has 2 N–H and O–H groups in total. The van der Waals surface area contributed by atoms with Gasteiger partial charge >= 0.3 is 0 Å². The van der Waals surface area contributed by atoms with Crippen LogP contribution in [0.1, 0.15) is 18.4 Å². The van der Waals surface area contributed by atoms with E-state index in [1.807, 2.05) is 24.3 Å². The van der Waals surface area contributed by atoms with Crippen molar-refractivity contribution in [2.75, 3.05) is 17.4 Å². The summed E-state index contributed by atoms with van der Waals surface area (Å²) < 4.78 is 10.5. The molecule has 6 nitrogen and oxygen atoms in total. The molecule has 2 aromatic carbocycles. The maximum absolute atomic E-state index is 12.2. The minimum atomic E-state index is -0.183. The lowest BCUT2D eigenvalue weighted by atomic mass is 9.89. The van der Waals surface area contributed by atoms with Crippen LogP contribution >= 0.6 is 0 Å². The lowest BCUT2D eigenvalue weighted by Crippen LogP contribution is -2.30. The highest BCUT2D eigenvalue weighted by molar-refractivity contribution is 5.96. The molecule has 0 aromatic heterocycles. The van der Waals surface area contributed by atoms with E-state index in [2.05, 4.69) is 10.6 Å². The number of hydrogen-bond acceptors (Lipinski definition) is 4. The largest absolute Gasteiger partial charge is 0.454 e. The maximum Gasteiger partial charge on any atom is 0.231 e. The highest BCUT2D eigenvalue weighted by atomic mass is 16.7. The molecule has 4 rings (SSSR count). The topological polar surface area (TPSA) is 76.7 Å². The third-order valence-corrected chi connectivity index (χ3v) is 4.49. The lowest BCUT2D eigenvalue weighted by Gasteiger charge is -2.24. The summed E-state index contributed by atoms with van der Waals surface area (Å²) in [5, 5.41) is 5.75. The normalized spacial score (nSPS) is 17.6. The van der Waals surface area contributed by atoms with Gasteiger partial charge in [0.25, 0.3) is 0 Å². The van der Waals surface area contributed by atoms with E-state index in [1.54, 1.807) is 18.2 Å². The Hall–Kier alpha value is -3.02. The van der Waals surface area contributed by atoms with Crippen molar-refractivity contribution in [3.63, 3.8) is 0 Å². The van der Waals surface area contributed by atoms with Gasteiger partial charge < -0.3 is 20.1 Å². The fraction of sp³-hybridized carbons (Fsp3) is 0.263. The van der Waals surface area contributed by atoms with Gasteiger partial charge in [-0.3, -0.25) is 9.59 Å². The molecule has 0 bridgehead atoms. The Morgan fingerprint density at radius 1 is 1.16 bits per heavy atom. The first-order valence-corrected chi connectivity index (χ1v) is 8.27. The molecule has 2 heterocycles. The molecule has 2 aromatic rings. The Bertz CT molecular complexity index is 834. The Balaban J connectivity index is 1.34. The third kappa shape index (κ3) is 3.28. The zero-order valence-electron chi connectivity index (χ0n) is 13.6. The van der Waals surface area contributed by atoms with Crippen molar-refractivity contribution in [1.29, 1.82) is 0 Å². The van der Waals surface area contributed by atoms with Crippen LogP contribution in [0.5, 0.6) is 11.5 Å². The molecular weight excluding hydrogens is 320 g/mol. The van der Waals surface area contributed by atoms with Crippen molar-refractivity contribution in [2.45, 2.75) is 19.3 Å². The molecule has 2 aliphatic rings. The van der Waals surface area contributed by atoms with Crippen LogP contribution in [-0.2, 0) is 16.0 Å². The predicted molar refractivity (Wildman–Crippen MR) is 92.7 cm³/mol. The average molecular weight is 338 g/mol. The maximum atomic E-state index is 12.2. The molecule has 0 spiro atoms. The van der Waals surface area contributed by atoms with Crippen LogP contribution < -0.4 is 20.1 Å². The summed E-state index contributed by atoms with van der Waals surface area (Å²) in [6, 6.07) is 13.0. The number of carbonyl (C=O) groups is 2. The number of amides is 2. The van der Waals surface area contributed by atoms with Gasteiger partial charge in [-0.15, -0.1) is 0 Å². The van der Waals surface area contributed by atoms with Gasteiger partial charge in [0.15, 0.2) is 11.5 Å². The number of rotatable bonds is 4. The van der Waals surface area contributed by atoms with E-state index >= 15 is 0 Å². The van der Waals surface area contributed by atoms with Gasteiger partial charge in [-0.2, -0.15) is 0 Å². The Kier molecular flexibility index (Phi) is 4.01. The van der Waals surface area contributed by atoms with E-state index in [-0.39, 0.29) is 30.9 Å². The van der Waals surface area contributed by atoms with Crippen molar-refractivity contribution in [1.82, 2.24) is 0 Å². The van der Waals surface area contributed by atoms with Gasteiger partial charge in [-0.05, 0) is 36.6 Å². The van der Waals surface area contributed by atoms with Crippen LogP contribution in [0, 0.1) is 5.92 Å². The molecule has 0 saturated heterocycles. The molecule has 25 heavy (non-hydrogen) atoms. The van der Waals surface area contributed by atoms with E-state index in [0.29, 0.717) is 30.0 Å². The number of nitrogens with one attached hydrogen (secondary N) is 2. The van der Waals surface area contributed by atoms with Crippen LogP contribution in [0.4, 0.5) is 11.4 Å². The summed E-state index contributed by atoms with van der Waals surface area (Å²) in [5.74, 6) is 0.981. The zero-order chi connectivity index (χ0) is 17.2. The number of ether oxygens (including phenoxy) is 2. The van der Waals surface area contributed by atoms with Gasteiger partial charge in [0.2, 0.25) is 18.6 Å². The second kappa shape index (κ2) is 6.47. The minimum Gasteiger partial charge on any atom is -0.454 e. The van der Waals surface area contributed by atoms with Crippen molar-refractivity contribution in [3.05, 3.63) is 48.0 Å². The summed E-state index contributed by atoms with van der Waals surface area (Å²) in [6.45, 7) is 0.199. The van der Waals surface area contributed by atoms with E-state index in [0.717, 1.165) is 11.3 Å². The highest BCUT2D eigenvalue weighted by Gasteiger charge is 2.26. The fourth-order valence-corrected chi connectivity index (χ4v) is 3.15. The number of benzene rings is 2. The minimum absolute atomic E-state index is 0.0189. The van der Waals surface area contributed by atoms with Crippen LogP contribution in [0.15, 0.2) is 42.5 Å². The first kappa shape index (κ1) is 15.5. The molecule has 128 valence electrons. The van der Waals surface area contributed by atoms with Crippen molar-refractivity contribution < 1.29 is 19.1 Å². The van der Waals surface area contributed by atoms with E-state index in [1.165, 1.54) is 0 Å². The molecule has 2 aliphatic heterocycles. The Labute approximate surface area is 145 Å². The van der Waals surface area contributed by atoms with Crippen molar-refractivity contribution >= 4 is 23.2 Å². The second-order valence-corrected chi connectivity index (χ2v) is 6.20. The molecule has 0 unspecified atom stereocenters. The van der Waals surface area contributed by atoms with E-state index in [4.69, 9.17) is 9.47 Å². The van der Waals surface area contributed by atoms with Gasteiger partial charge in [0.05, 0.1) is 0 Å². The molecule has 1 atom stereocenters. The van der Waals surface area contributed by atoms with Crippen molar-refractivity contribution in [3.8, 4) is 11.5 Å². The summed E-state index contributed by atoms with van der Waals surface area (Å²) >= 11 is 0. The number of carbonyl (C=O) groups excluding carboxylic acids is 2. The molecule has 6 heteroatoms. The number of para-hydroxylation sites is 1. The molecule has 0 saturated carbocycles. The number of fused-ring (bicyclic) bond motifs is 2. The summed E-state index contributed by atoms with van der Waals surface area (Å²) in [5.41, 5.74) is 2.64. The van der Waals surface area contributed by atoms with Crippen LogP contribution in [0.25, 0.3) is 0 Å². The van der Waals surface area contributed by atoms with Gasteiger partial charge in [-0.1, -0.05) is 18.2 Å². The van der Waals surface area contributed by atoms with Crippen LogP contribution in [0.2, 0.25) is 0 Å². The summed E-state index contributed by atoms with van der Waals surface area (Å²) in [6.07, 6.45) is 1.46. The smallest absolute Gasteiger partial charge is 0.231 e. The molecular formula is C19H18N2O4. The quantitative estimate of drug-likeness (QED) is 0.899. The Morgan fingerprint density at radius 2 is 2.00 bits per heavy atom. The van der Waals surface area contributed by atoms with Gasteiger partial charge in [-0.25, -0.2) is 0 Å². The summed E-state index contributed by atoms with van der Waals surface area (Å²) in [4.78, 5) is 24.4. The zero-order valence-corrected chi connectivity index (χ0v) is 13.6. The lowest BCUT2D eigenvalue weighted by molar-refractivity contribution is -0.121. The van der Waals surface area contributed by atoms with E-state index < -0.39 is 0 Å². The Morgan fingerprint density at radius 3 is 2.92 bits per heavy atom. The van der Waals surface area contributed by atoms with Gasteiger partial charge in [0.1, 0.15) is 0 Å². The highest BCUT2D eigenvalue weighted by Crippen LogP contribution is 2.34. The monoisotopic (exact) mass is 338 g/mol. The number of anilines is 2. The second-order valence-electron chi connectivity index (χ2n) is 6.20. The predicted octanol–water partition coefficient (Wildman–Crippen LogP) is 2.95. The average Bonchev–Trinajstić information content (AvgIpc) is 3.07. The SMILES string of the molecule is O=C(CC[C@H]1Cc2ccccc2NC1=O)Nc1ccc2c(c1)OCO2. The first-order valence-electron chi connectivity index (χ1n) is 8.27. The fourth-order valence-electron chi connectivity index (χ4n) is 3.15. The molecule has 0 radical (unpaired) electrons. The number of hydrogen-bond donors (Lipinski definition) is 2. The third-order valence-electron chi connectivity index (χ3n) is 4.49. The van der Waals surface area contributed by atoms with Crippen LogP contribution in [0.3, 0.4) is 0 Å². The van der Waals surface area contributed by atoms with Crippen LogP contribution in [-0.4, -0.2) is 18.6 Å². The van der Waals surface area contributed by atoms with Crippen molar-refractivity contribution in [2.24, 2.45) is 5.92 Å². The standard InChI is InChI=1S/C19H18N2O4/c22-18(20-14-6-7-16-17(10-14)25-11-24-16)8-5-13-9-12-3-1-2-4-15(12)21-19(13)23/h1-4,6-7,10,13H,5,8-9,11H2,(H,20,22)(H,21,23)/t13-/m0/s1.